The van der Waals surface area contributed by atoms with Gasteiger partial charge < -0.3 is 10.6 Å². The lowest BCUT2D eigenvalue weighted by Gasteiger charge is -2.10. The average Bonchev–Trinajstić information content (AvgIpc) is 2.70. The molecule has 152 valence electrons. The highest BCUT2D eigenvalue weighted by Gasteiger charge is 2.15. The zero-order valence-corrected chi connectivity index (χ0v) is 17.3. The lowest BCUT2D eigenvalue weighted by molar-refractivity contribution is 0.0919. The molecule has 1 rings (SSSR count). The molecule has 0 unspecified atom stereocenters. The molecule has 0 heterocycles. The lowest BCUT2D eigenvalue weighted by atomic mass is 10.1. The van der Waals surface area contributed by atoms with Crippen LogP contribution >= 0.6 is 0 Å². The maximum atomic E-state index is 12.4. The van der Waals surface area contributed by atoms with Gasteiger partial charge in [0.2, 0.25) is 0 Å². The second-order valence-electron chi connectivity index (χ2n) is 7.24. The molecule has 0 radical (unpaired) electrons. The summed E-state index contributed by atoms with van der Waals surface area (Å²) in [6.07, 6.45) is 13.6. The fraction of sp³-hybridized carbons (Fsp3) is 0.652. The topological polar surface area (TPSA) is 58.2 Å². The molecule has 2 N–H and O–H groups in total. The van der Waals surface area contributed by atoms with Gasteiger partial charge in [-0.25, -0.2) is 0 Å². The van der Waals surface area contributed by atoms with Gasteiger partial charge in [-0.15, -0.1) is 0 Å². The number of nitrogens with one attached hydrogen (secondary N) is 2. The summed E-state index contributed by atoms with van der Waals surface area (Å²) in [5.41, 5.74) is 0.907. The van der Waals surface area contributed by atoms with Crippen molar-refractivity contribution in [1.82, 2.24) is 10.6 Å². The van der Waals surface area contributed by atoms with Crippen LogP contribution in [0.3, 0.4) is 0 Å². The number of unbranched alkanes of at least 4 members (excludes halogenated alkanes) is 9. The highest BCUT2D eigenvalue weighted by atomic mass is 16.2. The number of rotatable bonds is 15. The van der Waals surface area contributed by atoms with Gasteiger partial charge in [0.15, 0.2) is 0 Å². The van der Waals surface area contributed by atoms with E-state index >= 15 is 0 Å². The van der Waals surface area contributed by atoms with E-state index in [0.29, 0.717) is 24.2 Å². The van der Waals surface area contributed by atoms with Crippen LogP contribution in [0.5, 0.6) is 0 Å². The monoisotopic (exact) mass is 374 g/mol. The number of amides is 2. The Kier molecular flexibility index (Phi) is 13.1. The van der Waals surface area contributed by atoms with Gasteiger partial charge in [0.1, 0.15) is 0 Å². The van der Waals surface area contributed by atoms with Crippen molar-refractivity contribution in [3.8, 4) is 0 Å². The van der Waals surface area contributed by atoms with Gasteiger partial charge in [-0.05, 0) is 25.0 Å². The van der Waals surface area contributed by atoms with E-state index in [9.17, 15) is 9.59 Å². The van der Waals surface area contributed by atoms with E-state index in [4.69, 9.17) is 0 Å². The summed E-state index contributed by atoms with van der Waals surface area (Å²) >= 11 is 0. The molecule has 2 amide bonds. The van der Waals surface area contributed by atoms with Crippen molar-refractivity contribution in [3.05, 3.63) is 35.4 Å². The van der Waals surface area contributed by atoms with Crippen molar-refractivity contribution in [2.45, 2.75) is 84.5 Å². The van der Waals surface area contributed by atoms with Crippen molar-refractivity contribution in [1.29, 1.82) is 0 Å². The van der Waals surface area contributed by atoms with Crippen molar-refractivity contribution in [2.24, 2.45) is 0 Å². The molecule has 1 aromatic carbocycles. The Hall–Kier alpha value is -1.84. The van der Waals surface area contributed by atoms with E-state index in [1.54, 1.807) is 24.3 Å². The van der Waals surface area contributed by atoms with Crippen molar-refractivity contribution in [3.63, 3.8) is 0 Å². The first-order chi connectivity index (χ1) is 13.2. The molecule has 0 atom stereocenters. The van der Waals surface area contributed by atoms with Crippen LogP contribution in [0, 0.1) is 0 Å². The van der Waals surface area contributed by atoms with Crippen LogP contribution in [0.2, 0.25) is 0 Å². The SMILES string of the molecule is CCCCCCCCCCCCNC(=O)c1ccccc1C(=O)NCCC. The summed E-state index contributed by atoms with van der Waals surface area (Å²) in [5, 5.41) is 5.79. The fourth-order valence-electron chi connectivity index (χ4n) is 3.12. The van der Waals surface area contributed by atoms with Gasteiger partial charge in [0.25, 0.3) is 11.8 Å². The standard InChI is InChI=1S/C23H38N2O2/c1-3-5-6-7-8-9-10-11-12-15-19-25-23(27)21-17-14-13-16-20(21)22(26)24-18-4-2/h13-14,16-17H,3-12,15,18-19H2,1-2H3,(H,24,26)(H,25,27). The molecular formula is C23H38N2O2. The zero-order chi connectivity index (χ0) is 19.7. The third-order valence-electron chi connectivity index (χ3n) is 4.77. The minimum Gasteiger partial charge on any atom is -0.352 e. The second kappa shape index (κ2) is 15.2. The van der Waals surface area contributed by atoms with E-state index in [-0.39, 0.29) is 11.8 Å². The van der Waals surface area contributed by atoms with E-state index in [1.165, 1.54) is 51.4 Å². The largest absolute Gasteiger partial charge is 0.352 e. The van der Waals surface area contributed by atoms with E-state index in [2.05, 4.69) is 17.6 Å². The molecule has 0 saturated heterocycles. The smallest absolute Gasteiger partial charge is 0.252 e. The summed E-state index contributed by atoms with van der Waals surface area (Å²) in [4.78, 5) is 24.6. The van der Waals surface area contributed by atoms with Crippen molar-refractivity contribution >= 4 is 11.8 Å². The van der Waals surface area contributed by atoms with Gasteiger partial charge in [-0.2, -0.15) is 0 Å². The predicted molar refractivity (Wildman–Crippen MR) is 113 cm³/mol. The van der Waals surface area contributed by atoms with Crippen LogP contribution in [0.1, 0.15) is 105 Å². The average molecular weight is 375 g/mol. The van der Waals surface area contributed by atoms with Crippen molar-refractivity contribution in [2.75, 3.05) is 13.1 Å². The fourth-order valence-corrected chi connectivity index (χ4v) is 3.12. The lowest BCUT2D eigenvalue weighted by Crippen LogP contribution is -2.30. The molecule has 0 aromatic heterocycles. The van der Waals surface area contributed by atoms with Crippen LogP contribution in [0.25, 0.3) is 0 Å². The second-order valence-corrected chi connectivity index (χ2v) is 7.24. The molecule has 0 aliphatic rings. The normalized spacial score (nSPS) is 10.6. The summed E-state index contributed by atoms with van der Waals surface area (Å²) < 4.78 is 0. The third kappa shape index (κ3) is 10.2. The zero-order valence-electron chi connectivity index (χ0n) is 17.3. The highest BCUT2D eigenvalue weighted by Crippen LogP contribution is 2.11. The Morgan fingerprint density at radius 2 is 1.07 bits per heavy atom. The van der Waals surface area contributed by atoms with E-state index in [0.717, 1.165) is 19.3 Å². The molecule has 0 fully saturated rings. The minimum atomic E-state index is -0.179. The maximum Gasteiger partial charge on any atom is 0.252 e. The molecule has 0 aliphatic carbocycles. The van der Waals surface area contributed by atoms with Crippen LogP contribution < -0.4 is 10.6 Å². The van der Waals surface area contributed by atoms with Crippen LogP contribution in [-0.2, 0) is 0 Å². The number of benzene rings is 1. The Morgan fingerprint density at radius 3 is 1.56 bits per heavy atom. The van der Waals surface area contributed by atoms with Crippen LogP contribution in [0.15, 0.2) is 24.3 Å². The van der Waals surface area contributed by atoms with Gasteiger partial charge in [0, 0.05) is 13.1 Å². The molecule has 4 heteroatoms. The molecule has 27 heavy (non-hydrogen) atoms. The first kappa shape index (κ1) is 23.2. The van der Waals surface area contributed by atoms with Gasteiger partial charge in [-0.3, -0.25) is 9.59 Å². The molecule has 0 spiro atoms. The maximum absolute atomic E-state index is 12.4. The Bertz CT molecular complexity index is 543. The molecule has 0 bridgehead atoms. The van der Waals surface area contributed by atoms with Crippen LogP contribution in [-0.4, -0.2) is 24.9 Å². The first-order valence-corrected chi connectivity index (χ1v) is 10.9. The van der Waals surface area contributed by atoms with Gasteiger partial charge in [-0.1, -0.05) is 83.8 Å². The Balaban J connectivity index is 2.21. The third-order valence-corrected chi connectivity index (χ3v) is 4.77. The number of hydrogen-bond donors (Lipinski definition) is 2. The summed E-state index contributed by atoms with van der Waals surface area (Å²) in [5.74, 6) is -0.338. The quantitative estimate of drug-likeness (QED) is 0.400. The van der Waals surface area contributed by atoms with Gasteiger partial charge >= 0.3 is 0 Å². The molecular weight excluding hydrogens is 336 g/mol. The Morgan fingerprint density at radius 1 is 0.630 bits per heavy atom. The minimum absolute atomic E-state index is 0.159. The predicted octanol–water partition coefficient (Wildman–Crippen LogP) is 5.48. The number of carbonyl (C=O) groups excluding carboxylic acids is 2. The summed E-state index contributed by atoms with van der Waals surface area (Å²) in [6.45, 7) is 5.54. The summed E-state index contributed by atoms with van der Waals surface area (Å²) in [6, 6.07) is 7.01. The van der Waals surface area contributed by atoms with E-state index < -0.39 is 0 Å². The molecule has 0 saturated carbocycles. The summed E-state index contributed by atoms with van der Waals surface area (Å²) in [7, 11) is 0. The van der Waals surface area contributed by atoms with Crippen molar-refractivity contribution < 1.29 is 9.59 Å². The molecule has 0 aliphatic heterocycles. The first-order valence-electron chi connectivity index (χ1n) is 10.9. The number of carbonyl (C=O) groups is 2. The van der Waals surface area contributed by atoms with Crippen LogP contribution in [0.4, 0.5) is 0 Å². The molecule has 1 aromatic rings. The Labute approximate surface area is 165 Å². The highest BCUT2D eigenvalue weighted by molar-refractivity contribution is 6.07. The molecule has 4 nitrogen and oxygen atoms in total. The van der Waals surface area contributed by atoms with E-state index in [1.807, 2.05) is 6.92 Å². The number of hydrogen-bond acceptors (Lipinski definition) is 2. The van der Waals surface area contributed by atoms with Gasteiger partial charge in [0.05, 0.1) is 11.1 Å².